The summed E-state index contributed by atoms with van der Waals surface area (Å²) in [4.78, 5) is 7.79. The molecule has 0 saturated heterocycles. The summed E-state index contributed by atoms with van der Waals surface area (Å²) >= 11 is 0. The highest BCUT2D eigenvalue weighted by atomic mass is 32.2. The number of sulfonamides is 1. The molecule has 2 N–H and O–H groups in total. The van der Waals surface area contributed by atoms with E-state index in [-0.39, 0.29) is 29.7 Å². The molecule has 2 heterocycles. The van der Waals surface area contributed by atoms with Gasteiger partial charge in [0.05, 0.1) is 19.3 Å². The second kappa shape index (κ2) is 5.74. The quantitative estimate of drug-likeness (QED) is 0.895. The minimum absolute atomic E-state index is 0.0596. The standard InChI is InChI=1S/C14H15FN4O3S/c1-22-12-3-2-10(15)6-13(12)23(20,21)19-5-4-9-7-17-14(16)18-11(9)8-19/h2-3,6-7H,4-5,8H2,1H3,(H2,16,17,18). The first-order chi connectivity index (χ1) is 10.9. The van der Waals surface area contributed by atoms with E-state index in [1.165, 1.54) is 17.5 Å². The zero-order valence-corrected chi connectivity index (χ0v) is 13.2. The predicted octanol–water partition coefficient (Wildman–Crippen LogP) is 0.953. The molecule has 0 aliphatic carbocycles. The zero-order valence-electron chi connectivity index (χ0n) is 12.4. The Bertz CT molecular complexity index is 857. The second-order valence-corrected chi connectivity index (χ2v) is 6.99. The van der Waals surface area contributed by atoms with Crippen molar-refractivity contribution in [2.24, 2.45) is 0 Å². The van der Waals surface area contributed by atoms with Crippen molar-refractivity contribution in [1.29, 1.82) is 0 Å². The number of rotatable bonds is 3. The topological polar surface area (TPSA) is 98.4 Å². The highest BCUT2D eigenvalue weighted by Crippen LogP contribution is 2.30. The van der Waals surface area contributed by atoms with Crippen LogP contribution in [0.3, 0.4) is 0 Å². The van der Waals surface area contributed by atoms with E-state index in [1.807, 2.05) is 0 Å². The lowest BCUT2D eigenvalue weighted by Crippen LogP contribution is -2.36. The Balaban J connectivity index is 2.00. The van der Waals surface area contributed by atoms with Crippen molar-refractivity contribution in [2.45, 2.75) is 17.9 Å². The summed E-state index contributed by atoms with van der Waals surface area (Å²) in [5, 5.41) is 0. The van der Waals surface area contributed by atoms with E-state index in [0.29, 0.717) is 12.1 Å². The smallest absolute Gasteiger partial charge is 0.247 e. The van der Waals surface area contributed by atoms with Crippen molar-refractivity contribution >= 4 is 16.0 Å². The summed E-state index contributed by atoms with van der Waals surface area (Å²) < 4.78 is 45.4. The SMILES string of the molecule is COc1ccc(F)cc1S(=O)(=O)N1CCc2cnc(N)nc2C1. The lowest BCUT2D eigenvalue weighted by molar-refractivity contribution is 0.372. The summed E-state index contributed by atoms with van der Waals surface area (Å²) in [6.45, 7) is 0.312. The Labute approximate surface area is 133 Å². The summed E-state index contributed by atoms with van der Waals surface area (Å²) in [7, 11) is -2.58. The second-order valence-electron chi connectivity index (χ2n) is 5.08. The van der Waals surface area contributed by atoms with E-state index < -0.39 is 15.8 Å². The summed E-state index contributed by atoms with van der Waals surface area (Å²) in [6.07, 6.45) is 2.07. The molecule has 0 atom stereocenters. The third-order valence-corrected chi connectivity index (χ3v) is 5.54. The van der Waals surface area contributed by atoms with Crippen molar-refractivity contribution in [3.8, 4) is 5.75 Å². The lowest BCUT2D eigenvalue weighted by Gasteiger charge is -2.27. The molecule has 0 bridgehead atoms. The molecule has 3 rings (SSSR count). The van der Waals surface area contributed by atoms with Crippen molar-refractivity contribution in [3.63, 3.8) is 0 Å². The summed E-state index contributed by atoms with van der Waals surface area (Å²) in [6, 6.07) is 3.40. The average molecular weight is 338 g/mol. The zero-order chi connectivity index (χ0) is 16.6. The number of ether oxygens (including phenoxy) is 1. The van der Waals surface area contributed by atoms with Crippen LogP contribution in [-0.4, -0.2) is 36.3 Å². The molecule has 0 amide bonds. The fraction of sp³-hybridized carbons (Fsp3) is 0.286. The van der Waals surface area contributed by atoms with Crippen LogP contribution in [0.2, 0.25) is 0 Å². The van der Waals surface area contributed by atoms with Crippen LogP contribution < -0.4 is 10.5 Å². The monoisotopic (exact) mass is 338 g/mol. The molecule has 0 saturated carbocycles. The van der Waals surface area contributed by atoms with Gasteiger partial charge < -0.3 is 10.5 Å². The number of hydrogen-bond acceptors (Lipinski definition) is 6. The number of hydrogen-bond donors (Lipinski definition) is 1. The van der Waals surface area contributed by atoms with E-state index in [4.69, 9.17) is 10.5 Å². The van der Waals surface area contributed by atoms with Gasteiger partial charge >= 0.3 is 0 Å². The van der Waals surface area contributed by atoms with Crippen molar-refractivity contribution in [3.05, 3.63) is 41.5 Å². The maximum Gasteiger partial charge on any atom is 0.247 e. The van der Waals surface area contributed by atoms with E-state index in [0.717, 1.165) is 17.7 Å². The molecule has 1 aliphatic heterocycles. The first kappa shape index (κ1) is 15.6. The first-order valence-electron chi connectivity index (χ1n) is 6.86. The average Bonchev–Trinajstić information content (AvgIpc) is 2.54. The maximum atomic E-state index is 13.5. The molecule has 1 aliphatic rings. The number of nitrogens with zero attached hydrogens (tertiary/aromatic N) is 3. The molecule has 0 radical (unpaired) electrons. The van der Waals surface area contributed by atoms with Gasteiger partial charge in [0.1, 0.15) is 16.5 Å². The molecule has 23 heavy (non-hydrogen) atoms. The van der Waals surface area contributed by atoms with Gasteiger partial charge in [-0.2, -0.15) is 4.31 Å². The minimum Gasteiger partial charge on any atom is -0.495 e. The third kappa shape index (κ3) is 2.84. The summed E-state index contributed by atoms with van der Waals surface area (Å²) in [5.41, 5.74) is 6.97. The highest BCUT2D eigenvalue weighted by molar-refractivity contribution is 7.89. The number of benzene rings is 1. The van der Waals surface area contributed by atoms with Gasteiger partial charge in [-0.3, -0.25) is 0 Å². The van der Waals surface area contributed by atoms with Crippen LogP contribution in [0.15, 0.2) is 29.3 Å². The largest absolute Gasteiger partial charge is 0.495 e. The molecule has 1 aromatic heterocycles. The van der Waals surface area contributed by atoms with E-state index >= 15 is 0 Å². The Morgan fingerprint density at radius 1 is 1.39 bits per heavy atom. The van der Waals surface area contributed by atoms with Gasteiger partial charge in [0.2, 0.25) is 16.0 Å². The van der Waals surface area contributed by atoms with Gasteiger partial charge in [-0.05, 0) is 30.2 Å². The van der Waals surface area contributed by atoms with Gasteiger partial charge in [0, 0.05) is 12.7 Å². The normalized spacial score (nSPS) is 15.2. The van der Waals surface area contributed by atoms with Gasteiger partial charge in [-0.25, -0.2) is 22.8 Å². The molecule has 0 fully saturated rings. The first-order valence-corrected chi connectivity index (χ1v) is 8.30. The van der Waals surface area contributed by atoms with Crippen LogP contribution >= 0.6 is 0 Å². The highest BCUT2D eigenvalue weighted by Gasteiger charge is 2.31. The van der Waals surface area contributed by atoms with Crippen LogP contribution in [0, 0.1) is 5.82 Å². The molecule has 2 aromatic rings. The number of anilines is 1. The van der Waals surface area contributed by atoms with Gasteiger partial charge in [-0.15, -0.1) is 0 Å². The Hall–Kier alpha value is -2.26. The van der Waals surface area contributed by atoms with Crippen LogP contribution in [0.1, 0.15) is 11.3 Å². The van der Waals surface area contributed by atoms with E-state index in [9.17, 15) is 12.8 Å². The fourth-order valence-electron chi connectivity index (χ4n) is 2.49. The van der Waals surface area contributed by atoms with Crippen LogP contribution in [0.5, 0.6) is 5.75 Å². The number of fused-ring (bicyclic) bond motifs is 1. The summed E-state index contributed by atoms with van der Waals surface area (Å²) in [5.74, 6) is -0.459. The molecule has 1 aromatic carbocycles. The number of aromatic nitrogens is 2. The van der Waals surface area contributed by atoms with Gasteiger partial charge in [-0.1, -0.05) is 0 Å². The Morgan fingerprint density at radius 2 is 2.17 bits per heavy atom. The van der Waals surface area contributed by atoms with Crippen LogP contribution in [0.25, 0.3) is 0 Å². The lowest BCUT2D eigenvalue weighted by atomic mass is 10.1. The Kier molecular flexibility index (Phi) is 3.90. The fourth-order valence-corrected chi connectivity index (χ4v) is 4.06. The van der Waals surface area contributed by atoms with Gasteiger partial charge in [0.15, 0.2) is 0 Å². The van der Waals surface area contributed by atoms with Crippen LogP contribution in [0.4, 0.5) is 10.3 Å². The Morgan fingerprint density at radius 3 is 2.91 bits per heavy atom. The van der Waals surface area contributed by atoms with Crippen molar-refractivity contribution in [2.75, 3.05) is 19.4 Å². The predicted molar refractivity (Wildman–Crippen MR) is 80.7 cm³/mol. The van der Waals surface area contributed by atoms with E-state index in [2.05, 4.69) is 9.97 Å². The molecule has 9 heteroatoms. The molecule has 0 unspecified atom stereocenters. The molecule has 7 nitrogen and oxygen atoms in total. The van der Waals surface area contributed by atoms with Gasteiger partial charge in [0.25, 0.3) is 0 Å². The number of nitrogen functional groups attached to an aromatic ring is 1. The molecular weight excluding hydrogens is 323 g/mol. The van der Waals surface area contributed by atoms with E-state index in [1.54, 1.807) is 6.20 Å². The van der Waals surface area contributed by atoms with Crippen molar-refractivity contribution < 1.29 is 17.5 Å². The molecule has 0 spiro atoms. The minimum atomic E-state index is -3.92. The molecular formula is C14H15FN4O3S. The number of halogens is 1. The molecule has 122 valence electrons. The maximum absolute atomic E-state index is 13.5. The van der Waals surface area contributed by atoms with Crippen LogP contribution in [-0.2, 0) is 23.0 Å². The number of methoxy groups -OCH3 is 1. The third-order valence-electron chi connectivity index (χ3n) is 3.67. The van der Waals surface area contributed by atoms with Crippen molar-refractivity contribution in [1.82, 2.24) is 14.3 Å². The number of nitrogens with two attached hydrogens (primary N) is 1.